The van der Waals surface area contributed by atoms with Gasteiger partial charge < -0.3 is 18.9 Å². The summed E-state index contributed by atoms with van der Waals surface area (Å²) in [7, 11) is -0.447. The summed E-state index contributed by atoms with van der Waals surface area (Å²) in [6.45, 7) is 1.44. The predicted molar refractivity (Wildman–Crippen MR) is 161 cm³/mol. The lowest BCUT2D eigenvalue weighted by Gasteiger charge is -2.37. The van der Waals surface area contributed by atoms with Crippen molar-refractivity contribution in [2.75, 3.05) is 27.1 Å². The summed E-state index contributed by atoms with van der Waals surface area (Å²) in [5, 5.41) is -0.961. The van der Waals surface area contributed by atoms with Crippen LogP contribution in [0.5, 0.6) is 11.5 Å². The van der Waals surface area contributed by atoms with E-state index in [1.165, 1.54) is 10.8 Å². The summed E-state index contributed by atoms with van der Waals surface area (Å²) in [6, 6.07) is 24.6. The average Bonchev–Trinajstić information content (AvgIpc) is 3.45. The minimum atomic E-state index is -3.63. The molecule has 0 saturated carbocycles. The quantitative estimate of drug-likeness (QED) is 0.272. The molecule has 2 heterocycles. The van der Waals surface area contributed by atoms with Gasteiger partial charge in [-0.15, -0.1) is 0 Å². The first-order chi connectivity index (χ1) is 20.6. The minimum absolute atomic E-state index is 0.0155. The summed E-state index contributed by atoms with van der Waals surface area (Å²) >= 11 is 0. The molecule has 1 aromatic heterocycles. The third-order valence-electron chi connectivity index (χ3n) is 7.82. The number of benzene rings is 3. The Bertz CT molecular complexity index is 1740. The SMILES string of the molecule is COc1ccc(C(OC[C@H]2O[C@@H](n3cc(C)c(=O)[nH]c3=O)C[C@H]2S(C)(=O)=O)(c2ccccc2)c2ccc(OC)cc2)cc1. The summed E-state index contributed by atoms with van der Waals surface area (Å²) in [5.41, 5.74) is 0.304. The zero-order valence-corrected chi connectivity index (χ0v) is 25.2. The van der Waals surface area contributed by atoms with Crippen molar-refractivity contribution < 1.29 is 27.4 Å². The van der Waals surface area contributed by atoms with E-state index in [0.29, 0.717) is 17.1 Å². The molecule has 0 unspecified atom stereocenters. The predicted octanol–water partition coefficient (Wildman–Crippen LogP) is 3.57. The van der Waals surface area contributed by atoms with E-state index in [4.69, 9.17) is 18.9 Å². The molecule has 10 nitrogen and oxygen atoms in total. The molecule has 1 fully saturated rings. The van der Waals surface area contributed by atoms with Gasteiger partial charge >= 0.3 is 5.69 Å². The first-order valence-electron chi connectivity index (χ1n) is 13.7. The Morgan fingerprint density at radius 3 is 1.93 bits per heavy atom. The molecular formula is C32H34N2O8S. The fourth-order valence-corrected chi connectivity index (χ4v) is 6.76. The Morgan fingerprint density at radius 1 is 0.884 bits per heavy atom. The summed E-state index contributed by atoms with van der Waals surface area (Å²) in [6.07, 6.45) is 0.719. The van der Waals surface area contributed by atoms with Gasteiger partial charge in [0.25, 0.3) is 5.56 Å². The maximum absolute atomic E-state index is 13.0. The van der Waals surface area contributed by atoms with E-state index in [9.17, 15) is 18.0 Å². The largest absolute Gasteiger partial charge is 0.497 e. The maximum atomic E-state index is 13.0. The first-order valence-corrected chi connectivity index (χ1v) is 15.7. The molecule has 3 atom stereocenters. The van der Waals surface area contributed by atoms with Gasteiger partial charge in [0.1, 0.15) is 29.4 Å². The van der Waals surface area contributed by atoms with Gasteiger partial charge in [0, 0.05) is 24.4 Å². The van der Waals surface area contributed by atoms with Crippen molar-refractivity contribution in [2.24, 2.45) is 0 Å². The number of rotatable bonds is 10. The Hall–Kier alpha value is -4.19. The highest BCUT2D eigenvalue weighted by atomic mass is 32.2. The van der Waals surface area contributed by atoms with Crippen molar-refractivity contribution in [2.45, 2.75) is 36.5 Å². The number of aryl methyl sites for hydroxylation is 1. The Balaban J connectivity index is 1.60. The Kier molecular flexibility index (Phi) is 8.59. The van der Waals surface area contributed by atoms with Crippen LogP contribution in [-0.2, 0) is 24.9 Å². The number of ether oxygens (including phenoxy) is 4. The van der Waals surface area contributed by atoms with Gasteiger partial charge in [0.05, 0.1) is 26.1 Å². The van der Waals surface area contributed by atoms with Crippen LogP contribution in [-0.4, -0.2) is 56.4 Å². The summed E-state index contributed by atoms with van der Waals surface area (Å²) in [4.78, 5) is 26.9. The van der Waals surface area contributed by atoms with E-state index in [0.717, 1.165) is 22.9 Å². The van der Waals surface area contributed by atoms with Crippen LogP contribution in [0.3, 0.4) is 0 Å². The molecule has 0 radical (unpaired) electrons. The van der Waals surface area contributed by atoms with E-state index in [-0.39, 0.29) is 13.0 Å². The lowest BCUT2D eigenvalue weighted by Crippen LogP contribution is -2.39. The lowest BCUT2D eigenvalue weighted by molar-refractivity contribution is -0.0768. The number of aromatic nitrogens is 2. The smallest absolute Gasteiger partial charge is 0.330 e. The second-order valence-corrected chi connectivity index (χ2v) is 12.8. The van der Waals surface area contributed by atoms with Gasteiger partial charge in [0.2, 0.25) is 0 Å². The van der Waals surface area contributed by atoms with Gasteiger partial charge in [-0.05, 0) is 47.9 Å². The van der Waals surface area contributed by atoms with E-state index in [2.05, 4.69) is 4.98 Å². The average molecular weight is 607 g/mol. The molecule has 43 heavy (non-hydrogen) atoms. The zero-order valence-electron chi connectivity index (χ0n) is 24.4. The van der Waals surface area contributed by atoms with Crippen LogP contribution in [0.1, 0.15) is 34.9 Å². The fraction of sp³-hybridized carbons (Fsp3) is 0.312. The highest BCUT2D eigenvalue weighted by molar-refractivity contribution is 7.91. The molecule has 1 aliphatic heterocycles. The van der Waals surface area contributed by atoms with Gasteiger partial charge in [-0.3, -0.25) is 14.3 Å². The normalized spacial score (nSPS) is 18.8. The molecule has 0 bridgehead atoms. The van der Waals surface area contributed by atoms with Gasteiger partial charge in [0.15, 0.2) is 9.84 Å². The molecular weight excluding hydrogens is 572 g/mol. The van der Waals surface area contributed by atoms with Crippen molar-refractivity contribution in [1.29, 1.82) is 0 Å². The number of sulfone groups is 1. The molecule has 1 aliphatic rings. The number of methoxy groups -OCH3 is 2. The molecule has 11 heteroatoms. The molecule has 0 aliphatic carbocycles. The van der Waals surface area contributed by atoms with Gasteiger partial charge in [-0.25, -0.2) is 13.2 Å². The number of nitrogens with zero attached hydrogens (tertiary/aromatic N) is 1. The van der Waals surface area contributed by atoms with E-state index in [1.807, 2.05) is 78.9 Å². The third-order valence-corrected chi connectivity index (χ3v) is 9.42. The molecule has 1 saturated heterocycles. The zero-order chi connectivity index (χ0) is 30.8. The number of aromatic amines is 1. The molecule has 0 amide bonds. The number of hydrogen-bond donors (Lipinski definition) is 1. The minimum Gasteiger partial charge on any atom is -0.497 e. The molecule has 226 valence electrons. The fourth-order valence-electron chi connectivity index (χ4n) is 5.55. The van der Waals surface area contributed by atoms with Crippen LogP contribution >= 0.6 is 0 Å². The van der Waals surface area contributed by atoms with Crippen molar-refractivity contribution in [3.05, 3.63) is 128 Å². The second-order valence-electron chi connectivity index (χ2n) is 10.5. The van der Waals surface area contributed by atoms with Crippen LogP contribution in [0.2, 0.25) is 0 Å². The highest BCUT2D eigenvalue weighted by Crippen LogP contribution is 2.43. The molecule has 5 rings (SSSR count). The molecule has 3 aromatic carbocycles. The third kappa shape index (κ3) is 6.01. The topological polar surface area (TPSA) is 126 Å². The Labute approximate surface area is 249 Å². The summed E-state index contributed by atoms with van der Waals surface area (Å²) in [5.74, 6) is 1.34. The molecule has 4 aromatic rings. The van der Waals surface area contributed by atoms with Crippen molar-refractivity contribution in [1.82, 2.24) is 9.55 Å². The van der Waals surface area contributed by atoms with E-state index >= 15 is 0 Å². The number of nitrogens with one attached hydrogen (secondary N) is 1. The number of hydrogen-bond acceptors (Lipinski definition) is 8. The van der Waals surface area contributed by atoms with Crippen LogP contribution in [0.25, 0.3) is 0 Å². The van der Waals surface area contributed by atoms with Gasteiger partial charge in [-0.1, -0.05) is 54.6 Å². The highest BCUT2D eigenvalue weighted by Gasteiger charge is 2.45. The van der Waals surface area contributed by atoms with Crippen molar-refractivity contribution in [3.63, 3.8) is 0 Å². The van der Waals surface area contributed by atoms with Crippen LogP contribution < -0.4 is 20.7 Å². The van der Waals surface area contributed by atoms with E-state index < -0.39 is 44.3 Å². The Morgan fingerprint density at radius 2 is 1.42 bits per heavy atom. The first kappa shape index (κ1) is 30.3. The van der Waals surface area contributed by atoms with Crippen molar-refractivity contribution >= 4 is 9.84 Å². The second kappa shape index (κ2) is 12.2. The molecule has 0 spiro atoms. The van der Waals surface area contributed by atoms with Crippen LogP contribution in [0.4, 0.5) is 0 Å². The number of H-pyrrole nitrogens is 1. The standard InChI is InChI=1S/C32H34N2O8S/c1-21-19-34(31(36)33-30(21)35)29-18-28(43(4,37)38)27(42-29)20-41-32(22-8-6-5-7-9-22,23-10-14-25(39-2)15-11-23)24-12-16-26(40-3)17-13-24/h5-17,19,27-29H,18,20H2,1-4H3,(H,33,35,36)/t27-,28-,29-/m1/s1. The van der Waals surface area contributed by atoms with Crippen LogP contribution in [0, 0.1) is 6.92 Å². The van der Waals surface area contributed by atoms with E-state index in [1.54, 1.807) is 21.1 Å². The molecule has 1 N–H and O–H groups in total. The maximum Gasteiger partial charge on any atom is 0.330 e. The van der Waals surface area contributed by atoms with Crippen LogP contribution in [0.15, 0.2) is 94.6 Å². The lowest BCUT2D eigenvalue weighted by atomic mass is 9.80. The van der Waals surface area contributed by atoms with Gasteiger partial charge in [-0.2, -0.15) is 0 Å². The summed E-state index contributed by atoms with van der Waals surface area (Å²) < 4.78 is 51.1. The van der Waals surface area contributed by atoms with Crippen molar-refractivity contribution in [3.8, 4) is 11.5 Å². The monoisotopic (exact) mass is 606 g/mol.